The molecule has 0 saturated heterocycles. The number of hydrogen-bond acceptors (Lipinski definition) is 5. The maximum absolute atomic E-state index is 9.66. The smallest absolute Gasteiger partial charge is 0.161 e. The van der Waals surface area contributed by atoms with Crippen LogP contribution < -0.4 is 4.74 Å². The van der Waals surface area contributed by atoms with Crippen molar-refractivity contribution in [3.8, 4) is 28.8 Å². The number of phenols is 1. The number of thiazole rings is 1. The Labute approximate surface area is 154 Å². The molecule has 124 valence electrons. The summed E-state index contributed by atoms with van der Waals surface area (Å²) in [6.07, 6.45) is 1.71. The fourth-order valence-corrected chi connectivity index (χ4v) is 3.16. The Morgan fingerprint density at radius 3 is 2.72 bits per heavy atom. The number of halogens is 1. The lowest BCUT2D eigenvalue weighted by Crippen LogP contribution is -1.86. The molecule has 6 heteroatoms. The van der Waals surface area contributed by atoms with Crippen molar-refractivity contribution in [1.29, 1.82) is 5.26 Å². The van der Waals surface area contributed by atoms with Crippen LogP contribution in [0.5, 0.6) is 11.5 Å². The molecule has 1 heterocycles. The largest absolute Gasteiger partial charge is 0.504 e. The number of allylic oxidation sites excluding steroid dienone is 1. The second-order valence-corrected chi connectivity index (χ2v) is 6.44. The Morgan fingerprint density at radius 1 is 1.28 bits per heavy atom. The van der Waals surface area contributed by atoms with Gasteiger partial charge in [0.15, 0.2) is 11.5 Å². The van der Waals surface area contributed by atoms with E-state index in [1.807, 2.05) is 17.5 Å². The third kappa shape index (κ3) is 3.82. The molecule has 2 aromatic carbocycles. The van der Waals surface area contributed by atoms with E-state index in [2.05, 4.69) is 11.1 Å². The molecule has 0 bridgehead atoms. The zero-order valence-corrected chi connectivity index (χ0v) is 14.8. The molecular weight excluding hydrogens is 356 g/mol. The van der Waals surface area contributed by atoms with E-state index < -0.39 is 0 Å². The summed E-state index contributed by atoms with van der Waals surface area (Å²) in [5.74, 6) is 0.407. The Hall–Kier alpha value is -2.81. The van der Waals surface area contributed by atoms with Gasteiger partial charge in [-0.3, -0.25) is 0 Å². The molecule has 4 nitrogen and oxygen atoms in total. The summed E-state index contributed by atoms with van der Waals surface area (Å²) in [7, 11) is 1.48. The maximum atomic E-state index is 9.66. The number of ether oxygens (including phenoxy) is 1. The lowest BCUT2D eigenvalue weighted by molar-refractivity contribution is 0.373. The number of aromatic nitrogens is 1. The fourth-order valence-electron chi connectivity index (χ4n) is 2.24. The first-order valence-corrected chi connectivity index (χ1v) is 8.57. The van der Waals surface area contributed by atoms with Crippen LogP contribution in [0, 0.1) is 11.3 Å². The lowest BCUT2D eigenvalue weighted by Gasteiger charge is -2.04. The van der Waals surface area contributed by atoms with E-state index in [-0.39, 0.29) is 5.75 Å². The van der Waals surface area contributed by atoms with E-state index in [0.29, 0.717) is 21.4 Å². The van der Waals surface area contributed by atoms with Crippen molar-refractivity contribution in [2.45, 2.75) is 0 Å². The molecule has 0 aliphatic carbocycles. The number of benzene rings is 2. The van der Waals surface area contributed by atoms with Crippen molar-refractivity contribution in [1.82, 2.24) is 4.98 Å². The molecule has 3 rings (SSSR count). The van der Waals surface area contributed by atoms with Gasteiger partial charge in [0.05, 0.1) is 18.4 Å². The van der Waals surface area contributed by atoms with Gasteiger partial charge in [0.2, 0.25) is 0 Å². The summed E-state index contributed by atoms with van der Waals surface area (Å²) in [6, 6.07) is 14.5. The molecule has 0 spiro atoms. The highest BCUT2D eigenvalue weighted by Crippen LogP contribution is 2.30. The molecule has 0 saturated carbocycles. The summed E-state index contributed by atoms with van der Waals surface area (Å²) in [5, 5.41) is 22.3. The number of nitrogens with zero attached hydrogens (tertiary/aromatic N) is 2. The predicted molar refractivity (Wildman–Crippen MR) is 101 cm³/mol. The van der Waals surface area contributed by atoms with Gasteiger partial charge in [-0.05, 0) is 35.9 Å². The lowest BCUT2D eigenvalue weighted by atomic mass is 10.1. The van der Waals surface area contributed by atoms with E-state index in [0.717, 1.165) is 16.8 Å². The summed E-state index contributed by atoms with van der Waals surface area (Å²) in [4.78, 5) is 4.54. The first kappa shape index (κ1) is 17.0. The van der Waals surface area contributed by atoms with E-state index in [1.165, 1.54) is 24.5 Å². The van der Waals surface area contributed by atoms with Gasteiger partial charge < -0.3 is 9.84 Å². The number of rotatable bonds is 4. The van der Waals surface area contributed by atoms with Crippen LogP contribution in [0.3, 0.4) is 0 Å². The number of aromatic hydroxyl groups is 1. The van der Waals surface area contributed by atoms with Gasteiger partial charge in [-0.2, -0.15) is 5.26 Å². The zero-order chi connectivity index (χ0) is 17.8. The molecule has 0 unspecified atom stereocenters. The molecule has 1 aromatic heterocycles. The highest BCUT2D eigenvalue weighted by Gasteiger charge is 2.10. The standard InChI is InChI=1S/C19H13ClN2O2S/c1-24-18-9-12(2-7-17(18)23)8-14(10-21)19-22-16(11-25-19)13-3-5-15(20)6-4-13/h2-9,11,23H,1H3/b14-8-. The highest BCUT2D eigenvalue weighted by atomic mass is 35.5. The summed E-state index contributed by atoms with van der Waals surface area (Å²) < 4.78 is 5.09. The number of nitriles is 1. The van der Waals surface area contributed by atoms with Gasteiger partial charge in [0.25, 0.3) is 0 Å². The van der Waals surface area contributed by atoms with E-state index in [9.17, 15) is 10.4 Å². The van der Waals surface area contributed by atoms with E-state index in [4.69, 9.17) is 16.3 Å². The average Bonchev–Trinajstić information content (AvgIpc) is 3.11. The van der Waals surface area contributed by atoms with Gasteiger partial charge in [-0.15, -0.1) is 11.3 Å². The molecular formula is C19H13ClN2O2S. The van der Waals surface area contributed by atoms with Gasteiger partial charge in [-0.1, -0.05) is 29.8 Å². The van der Waals surface area contributed by atoms with Crippen molar-refractivity contribution < 1.29 is 9.84 Å². The molecule has 0 atom stereocenters. The van der Waals surface area contributed by atoms with E-state index in [1.54, 1.807) is 30.3 Å². The Morgan fingerprint density at radius 2 is 2.04 bits per heavy atom. The van der Waals surface area contributed by atoms with Gasteiger partial charge in [0, 0.05) is 16.0 Å². The minimum Gasteiger partial charge on any atom is -0.504 e. The van der Waals surface area contributed by atoms with Crippen molar-refractivity contribution in [3.05, 3.63) is 63.4 Å². The van der Waals surface area contributed by atoms with Crippen LogP contribution in [0.15, 0.2) is 47.8 Å². The van der Waals surface area contributed by atoms with Gasteiger partial charge in [-0.25, -0.2) is 4.98 Å². The van der Waals surface area contributed by atoms with Crippen LogP contribution in [0.2, 0.25) is 5.02 Å². The molecule has 0 amide bonds. The third-order valence-electron chi connectivity index (χ3n) is 3.51. The van der Waals surface area contributed by atoms with Crippen molar-refractivity contribution in [2.24, 2.45) is 0 Å². The van der Waals surface area contributed by atoms with Crippen molar-refractivity contribution >= 4 is 34.6 Å². The highest BCUT2D eigenvalue weighted by molar-refractivity contribution is 7.11. The predicted octanol–water partition coefficient (Wildman–Crippen LogP) is 5.24. The molecule has 0 fully saturated rings. The molecule has 0 aliphatic heterocycles. The van der Waals surface area contributed by atoms with Crippen LogP contribution in [-0.4, -0.2) is 17.2 Å². The van der Waals surface area contributed by atoms with Gasteiger partial charge in [0.1, 0.15) is 11.1 Å². The van der Waals surface area contributed by atoms with Crippen molar-refractivity contribution in [2.75, 3.05) is 7.11 Å². The summed E-state index contributed by atoms with van der Waals surface area (Å²) in [6.45, 7) is 0. The first-order chi connectivity index (χ1) is 12.1. The quantitative estimate of drug-likeness (QED) is 0.639. The monoisotopic (exact) mass is 368 g/mol. The molecule has 3 aromatic rings. The van der Waals surface area contributed by atoms with E-state index >= 15 is 0 Å². The van der Waals surface area contributed by atoms with Gasteiger partial charge >= 0.3 is 0 Å². The summed E-state index contributed by atoms with van der Waals surface area (Å²) >= 11 is 7.30. The minimum atomic E-state index is 0.0532. The second kappa shape index (κ2) is 7.39. The number of hydrogen-bond donors (Lipinski definition) is 1. The third-order valence-corrected chi connectivity index (χ3v) is 4.64. The van der Waals surface area contributed by atoms with Crippen LogP contribution in [0.25, 0.3) is 22.9 Å². The Kier molecular flexibility index (Phi) is 5.03. The normalized spacial score (nSPS) is 11.2. The average molecular weight is 369 g/mol. The molecule has 25 heavy (non-hydrogen) atoms. The molecule has 0 radical (unpaired) electrons. The SMILES string of the molecule is COc1cc(/C=C(/C#N)c2nc(-c3ccc(Cl)cc3)cs2)ccc1O. The first-order valence-electron chi connectivity index (χ1n) is 7.31. The van der Waals surface area contributed by atoms with Crippen LogP contribution >= 0.6 is 22.9 Å². The Bertz CT molecular complexity index is 972. The fraction of sp³-hybridized carbons (Fsp3) is 0.0526. The molecule has 1 N–H and O–H groups in total. The Balaban J connectivity index is 1.94. The maximum Gasteiger partial charge on any atom is 0.161 e. The summed E-state index contributed by atoms with van der Waals surface area (Å²) in [5.41, 5.74) is 2.92. The van der Waals surface area contributed by atoms with Crippen LogP contribution in [0.1, 0.15) is 10.6 Å². The molecule has 0 aliphatic rings. The zero-order valence-electron chi connectivity index (χ0n) is 13.2. The second-order valence-electron chi connectivity index (χ2n) is 5.15. The van der Waals surface area contributed by atoms with Crippen molar-refractivity contribution in [3.63, 3.8) is 0 Å². The number of phenolic OH excluding ortho intramolecular Hbond substituents is 1. The van der Waals surface area contributed by atoms with Crippen LogP contribution in [-0.2, 0) is 0 Å². The minimum absolute atomic E-state index is 0.0532. The topological polar surface area (TPSA) is 66.1 Å². The number of methoxy groups -OCH3 is 1. The van der Waals surface area contributed by atoms with Crippen LogP contribution in [0.4, 0.5) is 0 Å².